The molecule has 3 heterocycles. The Hall–Kier alpha value is -4.21. The van der Waals surface area contributed by atoms with Crippen LogP contribution in [0.25, 0.3) is 22.5 Å². The number of amides is 2. The molecule has 0 radical (unpaired) electrons. The molecule has 214 valence electrons. The van der Waals surface area contributed by atoms with E-state index in [9.17, 15) is 9.59 Å². The Labute approximate surface area is 254 Å². The van der Waals surface area contributed by atoms with Crippen LogP contribution in [0.4, 0.5) is 10.3 Å². The first-order chi connectivity index (χ1) is 20.3. The highest BCUT2D eigenvalue weighted by Gasteiger charge is 2.15. The number of aromatic nitrogens is 3. The number of thiazole rings is 2. The van der Waals surface area contributed by atoms with Crippen molar-refractivity contribution in [1.82, 2.24) is 15.0 Å². The molecular formula is C33H33N5O2S2. The summed E-state index contributed by atoms with van der Waals surface area (Å²) in [6.07, 6.45) is 3.57. The number of carbonyl (C=O) groups excluding carboxylic acids is 2. The number of rotatable bonds is 10. The van der Waals surface area contributed by atoms with Crippen LogP contribution in [0.2, 0.25) is 0 Å². The predicted molar refractivity (Wildman–Crippen MR) is 173 cm³/mol. The first-order valence-corrected chi connectivity index (χ1v) is 15.8. The average Bonchev–Trinajstić information content (AvgIpc) is 3.70. The van der Waals surface area contributed by atoms with Crippen molar-refractivity contribution in [3.8, 4) is 22.5 Å². The molecule has 0 spiro atoms. The molecule has 2 aromatic carbocycles. The largest absolute Gasteiger partial charge is 0.298 e. The van der Waals surface area contributed by atoms with Crippen molar-refractivity contribution in [2.45, 2.75) is 52.4 Å². The summed E-state index contributed by atoms with van der Waals surface area (Å²) in [5, 5.41) is 10.5. The summed E-state index contributed by atoms with van der Waals surface area (Å²) in [5.41, 5.74) is 6.74. The van der Waals surface area contributed by atoms with Gasteiger partial charge in [-0.3, -0.25) is 25.2 Å². The van der Waals surface area contributed by atoms with E-state index in [0.29, 0.717) is 27.7 Å². The van der Waals surface area contributed by atoms with Crippen molar-refractivity contribution in [3.63, 3.8) is 0 Å². The molecule has 0 aliphatic carbocycles. The first kappa shape index (κ1) is 29.3. The number of carbonyl (C=O) groups is 2. The molecule has 42 heavy (non-hydrogen) atoms. The zero-order valence-electron chi connectivity index (χ0n) is 24.0. The van der Waals surface area contributed by atoms with Crippen molar-refractivity contribution in [2.75, 3.05) is 10.6 Å². The molecule has 7 nitrogen and oxygen atoms in total. The van der Waals surface area contributed by atoms with Crippen LogP contribution >= 0.6 is 22.7 Å². The van der Waals surface area contributed by atoms with Crippen molar-refractivity contribution < 1.29 is 9.59 Å². The van der Waals surface area contributed by atoms with E-state index >= 15 is 0 Å². The Morgan fingerprint density at radius 3 is 1.60 bits per heavy atom. The van der Waals surface area contributed by atoms with Crippen molar-refractivity contribution in [1.29, 1.82) is 0 Å². The lowest BCUT2D eigenvalue weighted by Crippen LogP contribution is -2.16. The third kappa shape index (κ3) is 6.80. The van der Waals surface area contributed by atoms with Gasteiger partial charge in [-0.2, -0.15) is 0 Å². The number of pyridine rings is 1. The molecular weight excluding hydrogens is 563 g/mol. The van der Waals surface area contributed by atoms with Crippen molar-refractivity contribution in [3.05, 3.63) is 100 Å². The highest BCUT2D eigenvalue weighted by atomic mass is 32.1. The molecule has 2 N–H and O–H groups in total. The number of nitrogens with one attached hydrogen (secondary N) is 2. The van der Waals surface area contributed by atoms with Crippen LogP contribution in [0.1, 0.15) is 84.3 Å². The Bertz CT molecular complexity index is 1530. The molecule has 0 bridgehead atoms. The molecule has 3 aromatic heterocycles. The van der Waals surface area contributed by atoms with Crippen LogP contribution in [0.15, 0.2) is 77.6 Å². The zero-order valence-corrected chi connectivity index (χ0v) is 25.7. The van der Waals surface area contributed by atoms with E-state index in [4.69, 9.17) is 0 Å². The highest BCUT2D eigenvalue weighted by Crippen LogP contribution is 2.29. The fourth-order valence-electron chi connectivity index (χ4n) is 4.36. The highest BCUT2D eigenvalue weighted by molar-refractivity contribution is 7.14. The average molecular weight is 596 g/mol. The fourth-order valence-corrected chi connectivity index (χ4v) is 5.79. The lowest BCUT2D eigenvalue weighted by molar-refractivity contribution is 0.101. The third-order valence-electron chi connectivity index (χ3n) is 7.48. The molecule has 0 saturated carbocycles. The lowest BCUT2D eigenvalue weighted by atomic mass is 9.97. The second-order valence-electron chi connectivity index (χ2n) is 10.3. The van der Waals surface area contributed by atoms with E-state index in [-0.39, 0.29) is 17.5 Å². The van der Waals surface area contributed by atoms with Gasteiger partial charge in [0.15, 0.2) is 10.3 Å². The van der Waals surface area contributed by atoms with Crippen LogP contribution in [0, 0.1) is 0 Å². The summed E-state index contributed by atoms with van der Waals surface area (Å²) >= 11 is 2.72. The molecule has 2 atom stereocenters. The lowest BCUT2D eigenvalue weighted by Gasteiger charge is -2.09. The van der Waals surface area contributed by atoms with Gasteiger partial charge in [0, 0.05) is 28.1 Å². The van der Waals surface area contributed by atoms with Gasteiger partial charge >= 0.3 is 0 Å². The molecule has 0 saturated heterocycles. The standard InChI is InChI=1S/C33H33N5O2S2/c1-5-20(3)22-7-11-24(12-8-22)28-18-41-32(35-28)37-30(39)26-15-16-27(34-17-26)31(40)38-33-36-29(19-42-33)25-13-9-23(10-14-25)21(4)6-2/h7-21H,5-6H2,1-4H3,(H,35,37,39)(H,36,38,40). The summed E-state index contributed by atoms with van der Waals surface area (Å²) in [6.45, 7) is 8.78. The minimum atomic E-state index is -0.390. The molecule has 9 heteroatoms. The number of nitrogens with zero attached hydrogens (tertiary/aromatic N) is 3. The van der Waals surface area contributed by atoms with Crippen molar-refractivity contribution in [2.24, 2.45) is 0 Å². The van der Waals surface area contributed by atoms with Gasteiger partial charge in [0.1, 0.15) is 5.69 Å². The maximum absolute atomic E-state index is 12.8. The second kappa shape index (κ2) is 13.2. The fraction of sp³-hybridized carbons (Fsp3) is 0.242. The van der Waals surface area contributed by atoms with Gasteiger partial charge in [0.05, 0.1) is 17.0 Å². The minimum Gasteiger partial charge on any atom is -0.298 e. The first-order valence-electron chi connectivity index (χ1n) is 14.0. The van der Waals surface area contributed by atoms with Crippen LogP contribution in [0.3, 0.4) is 0 Å². The second-order valence-corrected chi connectivity index (χ2v) is 12.0. The molecule has 2 amide bonds. The smallest absolute Gasteiger partial charge is 0.276 e. The molecule has 2 unspecified atom stereocenters. The number of anilines is 2. The topological polar surface area (TPSA) is 96.9 Å². The summed E-state index contributed by atoms with van der Waals surface area (Å²) in [4.78, 5) is 38.9. The normalized spacial score (nSPS) is 12.5. The minimum absolute atomic E-state index is 0.193. The number of benzene rings is 2. The van der Waals surface area contributed by atoms with E-state index in [1.54, 1.807) is 6.07 Å². The van der Waals surface area contributed by atoms with E-state index in [2.05, 4.69) is 102 Å². The molecule has 0 fully saturated rings. The Morgan fingerprint density at radius 1 is 0.690 bits per heavy atom. The quantitative estimate of drug-likeness (QED) is 0.168. The van der Waals surface area contributed by atoms with Gasteiger partial charge in [-0.15, -0.1) is 22.7 Å². The molecule has 0 aliphatic rings. The summed E-state index contributed by atoms with van der Waals surface area (Å²) < 4.78 is 0. The maximum Gasteiger partial charge on any atom is 0.276 e. The van der Waals surface area contributed by atoms with Gasteiger partial charge in [-0.1, -0.05) is 76.2 Å². The SMILES string of the molecule is CCC(C)c1ccc(-c2csc(NC(=O)c3ccc(C(=O)Nc4nc(-c5ccc(C(C)CC)cc5)cs4)nc3)n2)cc1. The summed E-state index contributed by atoms with van der Waals surface area (Å²) in [7, 11) is 0. The Balaban J connectivity index is 1.17. The van der Waals surface area contributed by atoms with E-state index < -0.39 is 0 Å². The van der Waals surface area contributed by atoms with E-state index in [1.165, 1.54) is 46.1 Å². The number of hydrogen-bond acceptors (Lipinski definition) is 7. The van der Waals surface area contributed by atoms with E-state index in [0.717, 1.165) is 35.4 Å². The third-order valence-corrected chi connectivity index (χ3v) is 9.00. The Morgan fingerprint density at radius 2 is 1.17 bits per heavy atom. The predicted octanol–water partition coefficient (Wildman–Crippen LogP) is 8.86. The monoisotopic (exact) mass is 595 g/mol. The van der Waals surface area contributed by atoms with Gasteiger partial charge in [0.2, 0.25) is 0 Å². The van der Waals surface area contributed by atoms with Gasteiger partial charge in [-0.25, -0.2) is 9.97 Å². The number of hydrogen-bond donors (Lipinski definition) is 2. The zero-order chi connectivity index (χ0) is 29.6. The van der Waals surface area contributed by atoms with Crippen LogP contribution in [-0.2, 0) is 0 Å². The van der Waals surface area contributed by atoms with Crippen LogP contribution in [0.5, 0.6) is 0 Å². The molecule has 5 aromatic rings. The van der Waals surface area contributed by atoms with Gasteiger partial charge in [0.25, 0.3) is 11.8 Å². The van der Waals surface area contributed by atoms with Gasteiger partial charge < -0.3 is 0 Å². The molecule has 5 rings (SSSR count). The molecule has 0 aliphatic heterocycles. The van der Waals surface area contributed by atoms with Gasteiger partial charge in [-0.05, 0) is 47.9 Å². The maximum atomic E-state index is 12.8. The summed E-state index contributed by atoms with van der Waals surface area (Å²) in [6, 6.07) is 19.9. The van der Waals surface area contributed by atoms with Crippen molar-refractivity contribution >= 4 is 44.8 Å². The Kier molecular flexibility index (Phi) is 9.19. The van der Waals surface area contributed by atoms with Crippen LogP contribution < -0.4 is 10.6 Å². The summed E-state index contributed by atoms with van der Waals surface area (Å²) in [5.74, 6) is 0.293. The van der Waals surface area contributed by atoms with E-state index in [1.807, 2.05) is 10.8 Å². The van der Waals surface area contributed by atoms with Crippen LogP contribution in [-0.4, -0.2) is 26.8 Å².